The summed E-state index contributed by atoms with van der Waals surface area (Å²) in [5, 5.41) is 12.0. The molecule has 1 aliphatic heterocycles. The fourth-order valence-electron chi connectivity index (χ4n) is 3.62. The molecular weight excluding hydrogens is 376 g/mol. The van der Waals surface area contributed by atoms with Crippen LogP contribution in [0.25, 0.3) is 11.1 Å². The van der Waals surface area contributed by atoms with Gasteiger partial charge in [-0.2, -0.15) is 0 Å². The van der Waals surface area contributed by atoms with Gasteiger partial charge in [0.25, 0.3) is 5.91 Å². The highest BCUT2D eigenvalue weighted by molar-refractivity contribution is 6.31. The molecule has 0 saturated carbocycles. The van der Waals surface area contributed by atoms with Crippen LogP contribution in [0, 0.1) is 0 Å². The Bertz CT molecular complexity index is 1200. The van der Waals surface area contributed by atoms with Crippen molar-refractivity contribution in [3.8, 4) is 0 Å². The van der Waals surface area contributed by atoms with Gasteiger partial charge in [-0.15, -0.1) is 0 Å². The van der Waals surface area contributed by atoms with E-state index >= 15 is 0 Å². The van der Waals surface area contributed by atoms with Crippen molar-refractivity contribution in [1.29, 1.82) is 0 Å². The second-order valence-electron chi connectivity index (χ2n) is 6.74. The highest BCUT2D eigenvalue weighted by atomic mass is 35.5. The molecule has 1 aliphatic rings. The fourth-order valence-corrected chi connectivity index (χ4v) is 3.79. The quantitative estimate of drug-likeness (QED) is 0.567. The summed E-state index contributed by atoms with van der Waals surface area (Å²) in [4.78, 5) is 19.3. The SMILES string of the molecule is O=C1N(Cc2ccccc2)c2ccccc2C1(O)c1nc2cc(Cl)ccc2o1. The van der Waals surface area contributed by atoms with Gasteiger partial charge in [-0.05, 0) is 29.8 Å². The maximum atomic E-state index is 13.4. The van der Waals surface area contributed by atoms with Crippen LogP contribution < -0.4 is 4.90 Å². The third kappa shape index (κ3) is 2.44. The lowest BCUT2D eigenvalue weighted by Gasteiger charge is -2.20. The zero-order valence-electron chi connectivity index (χ0n) is 14.7. The molecule has 0 spiro atoms. The number of amides is 1. The molecule has 1 aromatic heterocycles. The molecule has 0 fully saturated rings. The van der Waals surface area contributed by atoms with E-state index in [9.17, 15) is 9.90 Å². The summed E-state index contributed by atoms with van der Waals surface area (Å²) in [6, 6.07) is 21.8. The molecule has 1 atom stereocenters. The topological polar surface area (TPSA) is 66.6 Å². The van der Waals surface area contributed by atoms with Gasteiger partial charge in [-0.3, -0.25) is 4.79 Å². The van der Waals surface area contributed by atoms with Crippen molar-refractivity contribution in [3.05, 3.63) is 94.8 Å². The molecule has 28 heavy (non-hydrogen) atoms. The highest BCUT2D eigenvalue weighted by Crippen LogP contribution is 2.45. The van der Waals surface area contributed by atoms with E-state index in [4.69, 9.17) is 16.0 Å². The number of fused-ring (bicyclic) bond motifs is 2. The van der Waals surface area contributed by atoms with Gasteiger partial charge in [-0.25, -0.2) is 4.98 Å². The van der Waals surface area contributed by atoms with Crippen LogP contribution in [-0.4, -0.2) is 16.0 Å². The second kappa shape index (κ2) is 6.19. The van der Waals surface area contributed by atoms with Crippen molar-refractivity contribution in [2.45, 2.75) is 12.1 Å². The largest absolute Gasteiger partial charge is 0.437 e. The standard InChI is InChI=1S/C22H15ClN2O3/c23-15-10-11-19-17(12-15)24-20(28-19)22(27)16-8-4-5-9-18(16)25(21(22)26)13-14-6-2-1-3-7-14/h1-12,27H,13H2. The average Bonchev–Trinajstić information content (AvgIpc) is 3.23. The number of hydrogen-bond acceptors (Lipinski definition) is 4. The summed E-state index contributed by atoms with van der Waals surface area (Å²) in [7, 11) is 0. The lowest BCUT2D eigenvalue weighted by molar-refractivity contribution is -0.133. The minimum absolute atomic E-state index is 0.0576. The van der Waals surface area contributed by atoms with Gasteiger partial charge in [-0.1, -0.05) is 60.1 Å². The molecule has 3 aromatic carbocycles. The summed E-state index contributed by atoms with van der Waals surface area (Å²) in [5.74, 6) is -0.548. The van der Waals surface area contributed by atoms with Crippen LogP contribution in [0.5, 0.6) is 0 Å². The van der Waals surface area contributed by atoms with E-state index in [1.807, 2.05) is 42.5 Å². The molecule has 0 aliphatic carbocycles. The van der Waals surface area contributed by atoms with Gasteiger partial charge in [0, 0.05) is 10.6 Å². The number of nitrogens with zero attached hydrogens (tertiary/aromatic N) is 2. The summed E-state index contributed by atoms with van der Waals surface area (Å²) < 4.78 is 5.77. The number of aromatic nitrogens is 1. The Hall–Kier alpha value is -3.15. The van der Waals surface area contributed by atoms with Crippen LogP contribution in [0.4, 0.5) is 5.69 Å². The molecule has 1 unspecified atom stereocenters. The Morgan fingerprint density at radius 3 is 2.61 bits per heavy atom. The van der Waals surface area contributed by atoms with Crippen LogP contribution >= 0.6 is 11.6 Å². The maximum absolute atomic E-state index is 13.4. The van der Waals surface area contributed by atoms with Crippen molar-refractivity contribution in [2.24, 2.45) is 0 Å². The Morgan fingerprint density at radius 1 is 1.04 bits per heavy atom. The second-order valence-corrected chi connectivity index (χ2v) is 7.17. The molecule has 6 heteroatoms. The molecule has 4 aromatic rings. The maximum Gasteiger partial charge on any atom is 0.273 e. The molecule has 2 heterocycles. The summed E-state index contributed by atoms with van der Waals surface area (Å²) in [5.41, 5.74) is 1.01. The lowest BCUT2D eigenvalue weighted by atomic mass is 9.95. The van der Waals surface area contributed by atoms with E-state index in [0.717, 1.165) is 5.56 Å². The first-order valence-corrected chi connectivity index (χ1v) is 9.19. The van der Waals surface area contributed by atoms with Crippen molar-refractivity contribution in [1.82, 2.24) is 4.98 Å². The van der Waals surface area contributed by atoms with E-state index in [1.54, 1.807) is 35.2 Å². The van der Waals surface area contributed by atoms with Crippen molar-refractivity contribution in [3.63, 3.8) is 0 Å². The predicted octanol–water partition coefficient (Wildman–Crippen LogP) is 4.26. The van der Waals surface area contributed by atoms with E-state index in [2.05, 4.69) is 4.98 Å². The smallest absolute Gasteiger partial charge is 0.273 e. The number of aliphatic hydroxyl groups is 1. The zero-order chi connectivity index (χ0) is 19.3. The Kier molecular flexibility index (Phi) is 3.75. The minimum atomic E-state index is -1.99. The molecule has 0 bridgehead atoms. The number of carbonyl (C=O) groups is 1. The molecule has 5 nitrogen and oxygen atoms in total. The molecule has 1 amide bonds. The molecule has 1 N–H and O–H groups in total. The van der Waals surface area contributed by atoms with Crippen molar-refractivity contribution >= 4 is 34.3 Å². The number of anilines is 1. The van der Waals surface area contributed by atoms with Crippen LogP contribution in [0.3, 0.4) is 0 Å². The van der Waals surface area contributed by atoms with E-state index in [0.29, 0.717) is 33.9 Å². The zero-order valence-corrected chi connectivity index (χ0v) is 15.4. The Labute approximate surface area is 165 Å². The van der Waals surface area contributed by atoms with Gasteiger partial charge in [0.1, 0.15) is 5.52 Å². The first-order valence-electron chi connectivity index (χ1n) is 8.82. The van der Waals surface area contributed by atoms with Gasteiger partial charge in [0.15, 0.2) is 5.58 Å². The monoisotopic (exact) mass is 390 g/mol. The number of oxazole rings is 1. The molecule has 0 saturated heterocycles. The Balaban J connectivity index is 1.65. The van der Waals surface area contributed by atoms with Gasteiger partial charge in [0.05, 0.1) is 12.2 Å². The van der Waals surface area contributed by atoms with E-state index < -0.39 is 11.5 Å². The number of rotatable bonds is 3. The molecular formula is C22H15ClN2O3. The predicted molar refractivity (Wildman–Crippen MR) is 106 cm³/mol. The summed E-state index contributed by atoms with van der Waals surface area (Å²) >= 11 is 6.03. The van der Waals surface area contributed by atoms with Gasteiger partial charge in [0.2, 0.25) is 11.5 Å². The summed E-state index contributed by atoms with van der Waals surface area (Å²) in [6.07, 6.45) is 0. The number of benzene rings is 3. The minimum Gasteiger partial charge on any atom is -0.437 e. The van der Waals surface area contributed by atoms with Crippen molar-refractivity contribution in [2.75, 3.05) is 4.90 Å². The lowest BCUT2D eigenvalue weighted by Crippen LogP contribution is -2.41. The van der Waals surface area contributed by atoms with Gasteiger partial charge < -0.3 is 14.4 Å². The third-order valence-electron chi connectivity index (χ3n) is 4.98. The normalized spacial score (nSPS) is 18.6. The molecule has 0 radical (unpaired) electrons. The van der Waals surface area contributed by atoms with E-state index in [-0.39, 0.29) is 5.89 Å². The van der Waals surface area contributed by atoms with E-state index in [1.165, 1.54) is 0 Å². The van der Waals surface area contributed by atoms with Crippen LogP contribution in [0.1, 0.15) is 17.0 Å². The molecule has 138 valence electrons. The van der Waals surface area contributed by atoms with Crippen molar-refractivity contribution < 1.29 is 14.3 Å². The summed E-state index contributed by atoms with van der Waals surface area (Å²) in [6.45, 7) is 0.338. The fraction of sp³-hybridized carbons (Fsp3) is 0.0909. The third-order valence-corrected chi connectivity index (χ3v) is 5.22. The number of carbonyl (C=O) groups excluding carboxylic acids is 1. The number of hydrogen-bond donors (Lipinski definition) is 1. The first-order chi connectivity index (χ1) is 13.6. The van der Waals surface area contributed by atoms with Crippen LogP contribution in [0.2, 0.25) is 5.02 Å². The van der Waals surface area contributed by atoms with Crippen LogP contribution in [0.15, 0.2) is 77.2 Å². The first kappa shape index (κ1) is 17.0. The Morgan fingerprint density at radius 2 is 1.79 bits per heavy atom. The molecule has 5 rings (SSSR count). The average molecular weight is 391 g/mol. The van der Waals surface area contributed by atoms with Gasteiger partial charge >= 0.3 is 0 Å². The highest BCUT2D eigenvalue weighted by Gasteiger charge is 2.54. The van der Waals surface area contributed by atoms with Crippen LogP contribution in [-0.2, 0) is 16.9 Å². The number of para-hydroxylation sites is 1. The number of halogens is 1.